The Labute approximate surface area is 110 Å². The van der Waals surface area contributed by atoms with E-state index in [1.54, 1.807) is 7.05 Å². The third-order valence-electron chi connectivity index (χ3n) is 2.59. The van der Waals surface area contributed by atoms with Gasteiger partial charge in [0, 0.05) is 11.6 Å². The second-order valence-corrected chi connectivity index (χ2v) is 6.22. The van der Waals surface area contributed by atoms with Crippen LogP contribution in [0.5, 0.6) is 0 Å². The van der Waals surface area contributed by atoms with Gasteiger partial charge >= 0.3 is 0 Å². The van der Waals surface area contributed by atoms with Crippen LogP contribution in [0.1, 0.15) is 38.8 Å². The number of hydrogen-bond acceptors (Lipinski definition) is 1. The zero-order valence-electron chi connectivity index (χ0n) is 10.6. The molecule has 4 heteroatoms. The summed E-state index contributed by atoms with van der Waals surface area (Å²) < 4.78 is 28.0. The van der Waals surface area contributed by atoms with Gasteiger partial charge in [0.2, 0.25) is 0 Å². The van der Waals surface area contributed by atoms with Crippen LogP contribution >= 0.6 is 15.9 Å². The SMILES string of the molecule is CNC(CC(C)(C)C)c1c(F)ccc(Br)c1F. The fourth-order valence-electron chi connectivity index (χ4n) is 1.82. The Morgan fingerprint density at radius 1 is 1.29 bits per heavy atom. The smallest absolute Gasteiger partial charge is 0.145 e. The zero-order chi connectivity index (χ0) is 13.2. The van der Waals surface area contributed by atoms with E-state index in [0.29, 0.717) is 10.9 Å². The molecule has 0 radical (unpaired) electrons. The lowest BCUT2D eigenvalue weighted by Gasteiger charge is -2.26. The van der Waals surface area contributed by atoms with Gasteiger partial charge in [0.1, 0.15) is 11.6 Å². The minimum atomic E-state index is -0.520. The van der Waals surface area contributed by atoms with Gasteiger partial charge in [0.05, 0.1) is 4.47 Å². The number of hydrogen-bond donors (Lipinski definition) is 1. The predicted molar refractivity (Wildman–Crippen MR) is 69.9 cm³/mol. The summed E-state index contributed by atoms with van der Waals surface area (Å²) in [6, 6.07) is 2.35. The van der Waals surface area contributed by atoms with Crippen LogP contribution in [0, 0.1) is 17.0 Å². The van der Waals surface area contributed by atoms with E-state index in [9.17, 15) is 8.78 Å². The molecule has 1 unspecified atom stereocenters. The highest BCUT2D eigenvalue weighted by Crippen LogP contribution is 2.33. The molecule has 0 spiro atoms. The third-order valence-corrected chi connectivity index (χ3v) is 3.21. The number of benzene rings is 1. The molecule has 1 nitrogen and oxygen atoms in total. The summed E-state index contributed by atoms with van der Waals surface area (Å²) in [5.41, 5.74) is 0.103. The number of rotatable bonds is 3. The molecular formula is C13H18BrF2N. The summed E-state index contributed by atoms with van der Waals surface area (Å²) in [5, 5.41) is 2.98. The average molecular weight is 306 g/mol. The molecule has 96 valence electrons. The van der Waals surface area contributed by atoms with Gasteiger partial charge in [-0.3, -0.25) is 0 Å². The molecule has 1 aromatic carbocycles. The molecule has 0 fully saturated rings. The highest BCUT2D eigenvalue weighted by atomic mass is 79.9. The third kappa shape index (κ3) is 3.75. The lowest BCUT2D eigenvalue weighted by atomic mass is 9.85. The molecule has 0 saturated carbocycles. The molecule has 0 aliphatic heterocycles. The maximum atomic E-state index is 13.9. The minimum Gasteiger partial charge on any atom is -0.313 e. The summed E-state index contributed by atoms with van der Waals surface area (Å²) in [6.07, 6.45) is 0.661. The van der Waals surface area contributed by atoms with Gasteiger partial charge in [0.15, 0.2) is 0 Å². The number of nitrogens with one attached hydrogen (secondary N) is 1. The average Bonchev–Trinajstić information content (AvgIpc) is 2.21. The topological polar surface area (TPSA) is 12.0 Å². The van der Waals surface area contributed by atoms with E-state index in [1.807, 2.05) is 20.8 Å². The molecule has 1 rings (SSSR count). The molecule has 0 aromatic heterocycles. The monoisotopic (exact) mass is 305 g/mol. The molecular weight excluding hydrogens is 288 g/mol. The van der Waals surface area contributed by atoms with E-state index in [1.165, 1.54) is 12.1 Å². The van der Waals surface area contributed by atoms with Crippen LogP contribution in [0.2, 0.25) is 0 Å². The maximum Gasteiger partial charge on any atom is 0.145 e. The normalized spacial score (nSPS) is 13.8. The zero-order valence-corrected chi connectivity index (χ0v) is 12.2. The first-order chi connectivity index (χ1) is 7.76. The summed E-state index contributed by atoms with van der Waals surface area (Å²) in [7, 11) is 1.72. The fourth-order valence-corrected chi connectivity index (χ4v) is 2.17. The first-order valence-electron chi connectivity index (χ1n) is 5.57. The molecule has 1 atom stereocenters. The summed E-state index contributed by atoms with van der Waals surface area (Å²) in [6.45, 7) is 6.14. The van der Waals surface area contributed by atoms with E-state index in [-0.39, 0.29) is 17.0 Å². The number of halogens is 3. The molecule has 0 aliphatic carbocycles. The van der Waals surface area contributed by atoms with Gasteiger partial charge in [-0.25, -0.2) is 8.78 Å². The van der Waals surface area contributed by atoms with Crippen LogP contribution in [0.3, 0.4) is 0 Å². The van der Waals surface area contributed by atoms with Crippen molar-refractivity contribution in [3.05, 3.63) is 33.8 Å². The standard InChI is InChI=1S/C13H18BrF2N/c1-13(2,3)7-10(17-4)11-9(15)6-5-8(14)12(11)16/h5-6,10,17H,7H2,1-4H3. The van der Waals surface area contributed by atoms with Crippen molar-refractivity contribution in [3.63, 3.8) is 0 Å². The second-order valence-electron chi connectivity index (χ2n) is 5.36. The molecule has 1 aromatic rings. The van der Waals surface area contributed by atoms with Gasteiger partial charge in [-0.1, -0.05) is 20.8 Å². The lowest BCUT2D eigenvalue weighted by molar-refractivity contribution is 0.310. The van der Waals surface area contributed by atoms with Crippen molar-refractivity contribution in [1.29, 1.82) is 0 Å². The lowest BCUT2D eigenvalue weighted by Crippen LogP contribution is -2.24. The maximum absolute atomic E-state index is 13.9. The second kappa shape index (κ2) is 5.44. The van der Waals surface area contributed by atoms with E-state index in [2.05, 4.69) is 21.2 Å². The summed E-state index contributed by atoms with van der Waals surface area (Å²) >= 11 is 3.09. The van der Waals surface area contributed by atoms with Crippen LogP contribution in [0.4, 0.5) is 8.78 Å². The molecule has 1 N–H and O–H groups in total. The predicted octanol–water partition coefficient (Wildman–Crippen LogP) is 4.42. The minimum absolute atomic E-state index is 0.00509. The molecule has 0 aliphatic rings. The summed E-state index contributed by atoms with van der Waals surface area (Å²) in [4.78, 5) is 0. The van der Waals surface area contributed by atoms with E-state index < -0.39 is 11.6 Å². The van der Waals surface area contributed by atoms with Gasteiger partial charge in [-0.15, -0.1) is 0 Å². The van der Waals surface area contributed by atoms with Crippen molar-refractivity contribution >= 4 is 15.9 Å². The Balaban J connectivity index is 3.16. The molecule has 17 heavy (non-hydrogen) atoms. The van der Waals surface area contributed by atoms with Crippen molar-refractivity contribution in [2.24, 2.45) is 5.41 Å². The molecule has 0 bridgehead atoms. The van der Waals surface area contributed by atoms with Crippen molar-refractivity contribution in [3.8, 4) is 0 Å². The van der Waals surface area contributed by atoms with Crippen molar-refractivity contribution < 1.29 is 8.78 Å². The van der Waals surface area contributed by atoms with Crippen LogP contribution in [0.15, 0.2) is 16.6 Å². The van der Waals surface area contributed by atoms with Gasteiger partial charge in [0.25, 0.3) is 0 Å². The van der Waals surface area contributed by atoms with Crippen molar-refractivity contribution in [2.45, 2.75) is 33.2 Å². The largest absolute Gasteiger partial charge is 0.313 e. The quantitative estimate of drug-likeness (QED) is 0.815. The molecule has 0 heterocycles. The van der Waals surface area contributed by atoms with Gasteiger partial charge in [-0.2, -0.15) is 0 Å². The Kier molecular flexibility index (Phi) is 4.67. The van der Waals surface area contributed by atoms with Crippen molar-refractivity contribution in [1.82, 2.24) is 5.32 Å². The van der Waals surface area contributed by atoms with Crippen LogP contribution < -0.4 is 5.32 Å². The van der Waals surface area contributed by atoms with Crippen molar-refractivity contribution in [2.75, 3.05) is 7.05 Å². The Hall–Kier alpha value is -0.480. The molecule has 0 saturated heterocycles. The van der Waals surface area contributed by atoms with E-state index in [4.69, 9.17) is 0 Å². The van der Waals surface area contributed by atoms with Crippen LogP contribution in [0.25, 0.3) is 0 Å². The highest BCUT2D eigenvalue weighted by molar-refractivity contribution is 9.10. The first kappa shape index (κ1) is 14.6. The van der Waals surface area contributed by atoms with Crippen LogP contribution in [-0.4, -0.2) is 7.05 Å². The summed E-state index contributed by atoms with van der Waals surface area (Å²) in [5.74, 6) is -1.03. The van der Waals surface area contributed by atoms with E-state index in [0.717, 1.165) is 0 Å². The Morgan fingerprint density at radius 2 is 1.88 bits per heavy atom. The fraction of sp³-hybridized carbons (Fsp3) is 0.538. The Morgan fingerprint density at radius 3 is 2.35 bits per heavy atom. The van der Waals surface area contributed by atoms with Crippen LogP contribution in [-0.2, 0) is 0 Å². The molecule has 0 amide bonds. The Bertz CT molecular complexity index is 399. The first-order valence-corrected chi connectivity index (χ1v) is 6.36. The van der Waals surface area contributed by atoms with E-state index >= 15 is 0 Å². The van der Waals surface area contributed by atoms with Gasteiger partial charge < -0.3 is 5.32 Å². The highest BCUT2D eigenvalue weighted by Gasteiger charge is 2.25. The van der Waals surface area contributed by atoms with Gasteiger partial charge in [-0.05, 0) is 46.9 Å².